The van der Waals surface area contributed by atoms with Crippen LogP contribution in [0.25, 0.3) is 0 Å². The molecule has 1 amide bonds. The van der Waals surface area contributed by atoms with Gasteiger partial charge in [0.25, 0.3) is 0 Å². The normalized spacial score (nSPS) is 10.9. The maximum atomic E-state index is 11.7. The van der Waals surface area contributed by atoms with Gasteiger partial charge in [-0.1, -0.05) is 31.9 Å². The summed E-state index contributed by atoms with van der Waals surface area (Å²) in [7, 11) is 0. The zero-order valence-corrected chi connectivity index (χ0v) is 12.6. The predicted octanol–water partition coefficient (Wildman–Crippen LogP) is 3.14. The number of carbonyl (C=O) groups excluding carboxylic acids is 1. The highest BCUT2D eigenvalue weighted by atomic mass is 35.5. The lowest BCUT2D eigenvalue weighted by atomic mass is 10.3. The minimum atomic E-state index is 0.105. The molecule has 0 aliphatic rings. The van der Waals surface area contributed by atoms with Crippen LogP contribution in [0.1, 0.15) is 31.6 Å². The summed E-state index contributed by atoms with van der Waals surface area (Å²) >= 11 is 7.47. The molecule has 0 saturated carbocycles. The first-order chi connectivity index (χ1) is 8.65. The second-order valence-corrected chi connectivity index (χ2v) is 6.01. The van der Waals surface area contributed by atoms with Crippen molar-refractivity contribution in [1.82, 2.24) is 10.2 Å². The Bertz CT molecular complexity index is 368. The zero-order chi connectivity index (χ0) is 13.4. The van der Waals surface area contributed by atoms with Crippen molar-refractivity contribution in [3.63, 3.8) is 0 Å². The number of amides is 1. The van der Waals surface area contributed by atoms with Crippen molar-refractivity contribution in [3.05, 3.63) is 21.3 Å². The molecule has 1 rings (SSSR count). The first-order valence-corrected chi connectivity index (χ1v) is 7.58. The van der Waals surface area contributed by atoms with Crippen LogP contribution in [-0.2, 0) is 11.3 Å². The third-order valence-corrected chi connectivity index (χ3v) is 3.89. The van der Waals surface area contributed by atoms with Gasteiger partial charge in [0, 0.05) is 18.0 Å². The van der Waals surface area contributed by atoms with E-state index in [0.29, 0.717) is 6.54 Å². The molecule has 0 spiro atoms. The van der Waals surface area contributed by atoms with Gasteiger partial charge in [0.05, 0.1) is 10.9 Å². The number of carbonyl (C=O) groups is 1. The Balaban J connectivity index is 2.34. The van der Waals surface area contributed by atoms with Crippen molar-refractivity contribution in [3.8, 4) is 0 Å². The molecule has 1 N–H and O–H groups in total. The third kappa shape index (κ3) is 5.85. The fourth-order valence-electron chi connectivity index (χ4n) is 1.60. The van der Waals surface area contributed by atoms with Gasteiger partial charge in [-0.05, 0) is 25.1 Å². The van der Waals surface area contributed by atoms with Crippen molar-refractivity contribution in [1.29, 1.82) is 0 Å². The number of likely N-dealkylation sites (N-methyl/N-ethyl adjacent to an activating group) is 1. The Morgan fingerprint density at radius 3 is 2.78 bits per heavy atom. The molecule has 1 aromatic heterocycles. The second-order valence-electron chi connectivity index (χ2n) is 4.21. The molecule has 3 nitrogen and oxygen atoms in total. The van der Waals surface area contributed by atoms with Gasteiger partial charge in [0.1, 0.15) is 0 Å². The molecule has 0 fully saturated rings. The van der Waals surface area contributed by atoms with E-state index in [0.717, 1.165) is 36.8 Å². The number of nitrogens with one attached hydrogen (secondary N) is 1. The van der Waals surface area contributed by atoms with Crippen molar-refractivity contribution in [2.75, 3.05) is 19.6 Å². The van der Waals surface area contributed by atoms with Gasteiger partial charge < -0.3 is 5.32 Å². The molecule has 0 bridgehead atoms. The van der Waals surface area contributed by atoms with Crippen molar-refractivity contribution < 1.29 is 4.79 Å². The van der Waals surface area contributed by atoms with Crippen molar-refractivity contribution in [2.45, 2.75) is 33.2 Å². The number of halogens is 1. The molecular formula is C13H21ClN2OS. The summed E-state index contributed by atoms with van der Waals surface area (Å²) in [6.07, 6.45) is 2.14. The number of hydrogen-bond acceptors (Lipinski definition) is 3. The van der Waals surface area contributed by atoms with Crippen LogP contribution in [0.2, 0.25) is 4.34 Å². The summed E-state index contributed by atoms with van der Waals surface area (Å²) < 4.78 is 0.799. The smallest absolute Gasteiger partial charge is 0.234 e. The SMILES string of the molecule is CCCCNC(=O)CN(CC)Cc1ccc(Cl)s1. The molecule has 102 valence electrons. The van der Waals surface area contributed by atoms with Crippen LogP contribution in [0.15, 0.2) is 12.1 Å². The molecule has 0 aromatic carbocycles. The largest absolute Gasteiger partial charge is 0.355 e. The van der Waals surface area contributed by atoms with Gasteiger partial charge >= 0.3 is 0 Å². The topological polar surface area (TPSA) is 32.3 Å². The summed E-state index contributed by atoms with van der Waals surface area (Å²) in [4.78, 5) is 15.0. The summed E-state index contributed by atoms with van der Waals surface area (Å²) in [6, 6.07) is 3.92. The maximum Gasteiger partial charge on any atom is 0.234 e. The fraction of sp³-hybridized carbons (Fsp3) is 0.615. The van der Waals surface area contributed by atoms with Gasteiger partial charge in [-0.15, -0.1) is 11.3 Å². The molecule has 0 unspecified atom stereocenters. The van der Waals surface area contributed by atoms with Crippen molar-refractivity contribution >= 4 is 28.8 Å². The quantitative estimate of drug-likeness (QED) is 0.746. The monoisotopic (exact) mass is 288 g/mol. The molecular weight excluding hydrogens is 268 g/mol. The van der Waals surface area contributed by atoms with Crippen LogP contribution in [-0.4, -0.2) is 30.4 Å². The number of thiophene rings is 1. The lowest BCUT2D eigenvalue weighted by Gasteiger charge is -2.18. The standard InChI is InChI=1S/C13H21ClN2OS/c1-3-5-8-15-13(17)10-16(4-2)9-11-6-7-12(14)18-11/h6-7H,3-5,8-10H2,1-2H3,(H,15,17). The number of nitrogens with zero attached hydrogens (tertiary/aromatic N) is 1. The van der Waals surface area contributed by atoms with Gasteiger partial charge in [-0.25, -0.2) is 0 Å². The minimum Gasteiger partial charge on any atom is -0.355 e. The van der Waals surface area contributed by atoms with E-state index in [1.54, 1.807) is 11.3 Å². The Hall–Kier alpha value is -0.580. The van der Waals surface area contributed by atoms with Crippen LogP contribution in [0, 0.1) is 0 Å². The Labute approximate surface area is 118 Å². The number of rotatable bonds is 8. The van der Waals surface area contributed by atoms with E-state index in [9.17, 15) is 4.79 Å². The number of hydrogen-bond donors (Lipinski definition) is 1. The van der Waals surface area contributed by atoms with Crippen LogP contribution in [0.5, 0.6) is 0 Å². The van der Waals surface area contributed by atoms with Crippen LogP contribution in [0.4, 0.5) is 0 Å². The molecule has 18 heavy (non-hydrogen) atoms. The first kappa shape index (κ1) is 15.5. The minimum absolute atomic E-state index is 0.105. The van der Waals surface area contributed by atoms with E-state index in [4.69, 9.17) is 11.6 Å². The average molecular weight is 289 g/mol. The van der Waals surface area contributed by atoms with E-state index in [1.807, 2.05) is 12.1 Å². The van der Waals surface area contributed by atoms with Gasteiger partial charge in [0.2, 0.25) is 5.91 Å². The summed E-state index contributed by atoms with van der Waals surface area (Å²) in [5, 5.41) is 2.94. The molecule has 0 saturated heterocycles. The van der Waals surface area contributed by atoms with E-state index in [-0.39, 0.29) is 5.91 Å². The number of unbranched alkanes of at least 4 members (excludes halogenated alkanes) is 1. The van der Waals surface area contributed by atoms with Gasteiger partial charge in [-0.2, -0.15) is 0 Å². The first-order valence-electron chi connectivity index (χ1n) is 6.39. The summed E-state index contributed by atoms with van der Waals surface area (Å²) in [5.74, 6) is 0.105. The highest BCUT2D eigenvalue weighted by molar-refractivity contribution is 7.16. The van der Waals surface area contributed by atoms with E-state index < -0.39 is 0 Å². The Morgan fingerprint density at radius 2 is 2.22 bits per heavy atom. The summed E-state index contributed by atoms with van der Waals surface area (Å²) in [6.45, 7) is 7.05. The Kier molecular flexibility index (Phi) is 7.32. The van der Waals surface area contributed by atoms with Crippen LogP contribution in [0.3, 0.4) is 0 Å². The molecule has 0 aliphatic heterocycles. The molecule has 1 heterocycles. The van der Waals surface area contributed by atoms with E-state index in [1.165, 1.54) is 4.88 Å². The van der Waals surface area contributed by atoms with E-state index in [2.05, 4.69) is 24.1 Å². The fourth-order valence-corrected chi connectivity index (χ4v) is 2.73. The van der Waals surface area contributed by atoms with Gasteiger partial charge in [-0.3, -0.25) is 9.69 Å². The average Bonchev–Trinajstić information content (AvgIpc) is 2.74. The lowest BCUT2D eigenvalue weighted by molar-refractivity contribution is -0.122. The molecule has 5 heteroatoms. The highest BCUT2D eigenvalue weighted by Gasteiger charge is 2.10. The van der Waals surface area contributed by atoms with Crippen molar-refractivity contribution in [2.24, 2.45) is 0 Å². The summed E-state index contributed by atoms with van der Waals surface area (Å²) in [5.41, 5.74) is 0. The van der Waals surface area contributed by atoms with E-state index >= 15 is 0 Å². The van der Waals surface area contributed by atoms with Crippen LogP contribution >= 0.6 is 22.9 Å². The molecule has 0 aliphatic carbocycles. The Morgan fingerprint density at radius 1 is 1.44 bits per heavy atom. The zero-order valence-electron chi connectivity index (χ0n) is 11.0. The maximum absolute atomic E-state index is 11.7. The predicted molar refractivity (Wildman–Crippen MR) is 78.2 cm³/mol. The molecule has 1 aromatic rings. The van der Waals surface area contributed by atoms with Crippen LogP contribution < -0.4 is 5.32 Å². The molecule has 0 atom stereocenters. The third-order valence-electron chi connectivity index (χ3n) is 2.68. The van der Waals surface area contributed by atoms with Gasteiger partial charge in [0.15, 0.2) is 0 Å². The highest BCUT2D eigenvalue weighted by Crippen LogP contribution is 2.22. The second kappa shape index (κ2) is 8.51. The molecule has 0 radical (unpaired) electrons. The lowest BCUT2D eigenvalue weighted by Crippen LogP contribution is -2.37.